The number of hydrogen-bond donors (Lipinski definition) is 0. The summed E-state index contributed by atoms with van der Waals surface area (Å²) < 4.78 is 33.4. The maximum atomic E-state index is 13.5. The molecule has 0 saturated heterocycles. The molecule has 4 rings (SSSR count). The number of methoxy groups -OCH3 is 1. The number of aryl methyl sites for hydroxylation is 1. The summed E-state index contributed by atoms with van der Waals surface area (Å²) in [6.45, 7) is 2.74. The predicted octanol–water partition coefficient (Wildman–Crippen LogP) is 3.85. The van der Waals surface area contributed by atoms with Gasteiger partial charge in [-0.25, -0.2) is 8.42 Å². The van der Waals surface area contributed by atoms with Crippen LogP contribution in [-0.2, 0) is 27.8 Å². The van der Waals surface area contributed by atoms with Crippen molar-refractivity contribution in [1.82, 2.24) is 4.90 Å². The molecule has 2 heterocycles. The van der Waals surface area contributed by atoms with Crippen molar-refractivity contribution in [3.63, 3.8) is 0 Å². The second kappa shape index (κ2) is 8.72. The van der Waals surface area contributed by atoms with E-state index in [2.05, 4.69) is 0 Å². The Morgan fingerprint density at radius 1 is 1.10 bits per heavy atom. The normalized spacial score (nSPS) is 13.5. The number of ether oxygens (including phenoxy) is 1. The van der Waals surface area contributed by atoms with Gasteiger partial charge in [-0.1, -0.05) is 17.7 Å². The third kappa shape index (κ3) is 4.45. The Morgan fingerprint density at radius 2 is 1.81 bits per heavy atom. The molecule has 0 spiro atoms. The molecule has 1 amide bonds. The van der Waals surface area contributed by atoms with Crippen molar-refractivity contribution in [3.8, 4) is 5.75 Å². The second-order valence-corrected chi connectivity index (χ2v) is 10.3. The van der Waals surface area contributed by atoms with Gasteiger partial charge in [0.05, 0.1) is 17.7 Å². The Kier molecular flexibility index (Phi) is 6.02. The van der Waals surface area contributed by atoms with Crippen LogP contribution in [0.3, 0.4) is 0 Å². The standard InChI is InChI=1S/C23H24N2O4S2/c1-17-3-9-21(10-4-17)31(27,28)25(19-5-7-20(29-2)8-6-19)16-23(26)24-13-11-22-18(15-24)12-14-30-22/h3-10,12,14H,11,13,15-16H2,1-2H3. The fourth-order valence-corrected chi connectivity index (χ4v) is 5.89. The molecule has 1 aromatic heterocycles. The van der Waals surface area contributed by atoms with Gasteiger partial charge in [-0.05, 0) is 66.8 Å². The molecule has 1 aliphatic heterocycles. The van der Waals surface area contributed by atoms with Gasteiger partial charge in [0, 0.05) is 18.0 Å². The zero-order valence-corrected chi connectivity index (χ0v) is 19.1. The quantitative estimate of drug-likeness (QED) is 0.565. The van der Waals surface area contributed by atoms with Crippen molar-refractivity contribution >= 4 is 33.0 Å². The molecule has 1 aliphatic rings. The van der Waals surface area contributed by atoms with E-state index >= 15 is 0 Å². The summed E-state index contributed by atoms with van der Waals surface area (Å²) in [6, 6.07) is 15.4. The number of thiophene rings is 1. The number of carbonyl (C=O) groups excluding carboxylic acids is 1. The first-order valence-corrected chi connectivity index (χ1v) is 12.3. The van der Waals surface area contributed by atoms with Crippen molar-refractivity contribution in [2.24, 2.45) is 0 Å². The van der Waals surface area contributed by atoms with Crippen molar-refractivity contribution in [3.05, 3.63) is 76.0 Å². The van der Waals surface area contributed by atoms with Crippen molar-refractivity contribution in [1.29, 1.82) is 0 Å². The Labute approximate surface area is 186 Å². The molecule has 31 heavy (non-hydrogen) atoms. The number of hydrogen-bond acceptors (Lipinski definition) is 5. The molecule has 0 aliphatic carbocycles. The third-order valence-corrected chi connectivity index (χ3v) is 8.22. The van der Waals surface area contributed by atoms with Gasteiger partial charge in [-0.15, -0.1) is 11.3 Å². The van der Waals surface area contributed by atoms with Crippen LogP contribution in [-0.4, -0.2) is 39.4 Å². The van der Waals surface area contributed by atoms with E-state index in [9.17, 15) is 13.2 Å². The highest BCUT2D eigenvalue weighted by atomic mass is 32.2. The van der Waals surface area contributed by atoms with Crippen LogP contribution in [0.15, 0.2) is 64.9 Å². The van der Waals surface area contributed by atoms with Crippen LogP contribution >= 0.6 is 11.3 Å². The van der Waals surface area contributed by atoms with E-state index in [4.69, 9.17) is 4.74 Å². The molecule has 0 radical (unpaired) electrons. The lowest BCUT2D eigenvalue weighted by molar-refractivity contribution is -0.130. The minimum atomic E-state index is -3.93. The summed E-state index contributed by atoms with van der Waals surface area (Å²) in [6.07, 6.45) is 0.798. The summed E-state index contributed by atoms with van der Waals surface area (Å²) >= 11 is 1.70. The highest BCUT2D eigenvalue weighted by molar-refractivity contribution is 7.92. The lowest BCUT2D eigenvalue weighted by Crippen LogP contribution is -2.44. The van der Waals surface area contributed by atoms with E-state index in [1.165, 1.54) is 9.18 Å². The van der Waals surface area contributed by atoms with Gasteiger partial charge >= 0.3 is 0 Å². The van der Waals surface area contributed by atoms with Gasteiger partial charge in [0.1, 0.15) is 12.3 Å². The van der Waals surface area contributed by atoms with Gasteiger partial charge in [-0.3, -0.25) is 9.10 Å². The van der Waals surface area contributed by atoms with Crippen LogP contribution in [0, 0.1) is 6.92 Å². The van der Waals surface area contributed by atoms with E-state index in [0.717, 1.165) is 17.5 Å². The number of nitrogens with zero attached hydrogens (tertiary/aromatic N) is 2. The van der Waals surface area contributed by atoms with E-state index in [0.29, 0.717) is 24.5 Å². The average Bonchev–Trinajstić information content (AvgIpc) is 3.25. The zero-order valence-electron chi connectivity index (χ0n) is 17.4. The topological polar surface area (TPSA) is 66.9 Å². The van der Waals surface area contributed by atoms with Crippen LogP contribution < -0.4 is 9.04 Å². The van der Waals surface area contributed by atoms with Crippen LogP contribution in [0.4, 0.5) is 5.69 Å². The number of amides is 1. The molecule has 162 valence electrons. The molecule has 0 fully saturated rings. The smallest absolute Gasteiger partial charge is 0.264 e. The molecule has 0 bridgehead atoms. The Bertz CT molecular complexity index is 1170. The number of anilines is 1. The summed E-state index contributed by atoms with van der Waals surface area (Å²) in [5, 5.41) is 2.03. The summed E-state index contributed by atoms with van der Waals surface area (Å²) in [4.78, 5) is 16.3. The zero-order chi connectivity index (χ0) is 22.0. The monoisotopic (exact) mass is 456 g/mol. The molecule has 0 unspecified atom stereocenters. The SMILES string of the molecule is COc1ccc(N(CC(=O)N2CCc3sccc3C2)S(=O)(=O)c2ccc(C)cc2)cc1. The molecule has 0 atom stereocenters. The molecule has 0 N–H and O–H groups in total. The first-order valence-electron chi connectivity index (χ1n) is 9.95. The van der Waals surface area contributed by atoms with Gasteiger partial charge in [-0.2, -0.15) is 0 Å². The van der Waals surface area contributed by atoms with Crippen molar-refractivity contribution in [2.75, 3.05) is 24.5 Å². The van der Waals surface area contributed by atoms with Crippen molar-refractivity contribution < 1.29 is 17.9 Å². The van der Waals surface area contributed by atoms with Gasteiger partial charge in [0.2, 0.25) is 5.91 Å². The Hall–Kier alpha value is -2.84. The van der Waals surface area contributed by atoms with Crippen LogP contribution in [0.2, 0.25) is 0 Å². The maximum Gasteiger partial charge on any atom is 0.264 e. The fourth-order valence-electron chi connectivity index (χ4n) is 3.59. The van der Waals surface area contributed by atoms with E-state index in [1.54, 1.807) is 71.9 Å². The first kappa shape index (κ1) is 21.4. The lowest BCUT2D eigenvalue weighted by Gasteiger charge is -2.30. The molecule has 8 heteroatoms. The Balaban J connectivity index is 1.65. The molecule has 6 nitrogen and oxygen atoms in total. The molecule has 2 aromatic carbocycles. The van der Waals surface area contributed by atoms with Crippen LogP contribution in [0.5, 0.6) is 5.75 Å². The number of rotatable bonds is 6. The van der Waals surface area contributed by atoms with Crippen LogP contribution in [0.25, 0.3) is 0 Å². The van der Waals surface area contributed by atoms with E-state index < -0.39 is 10.0 Å². The molecular formula is C23H24N2O4S2. The largest absolute Gasteiger partial charge is 0.497 e. The summed E-state index contributed by atoms with van der Waals surface area (Å²) in [5.74, 6) is 0.395. The van der Waals surface area contributed by atoms with Crippen molar-refractivity contribution in [2.45, 2.75) is 24.8 Å². The fraction of sp³-hybridized carbons (Fsp3) is 0.261. The average molecular weight is 457 g/mol. The lowest BCUT2D eigenvalue weighted by atomic mass is 10.1. The second-order valence-electron chi connectivity index (χ2n) is 7.46. The number of benzene rings is 2. The van der Waals surface area contributed by atoms with Crippen LogP contribution in [0.1, 0.15) is 16.0 Å². The summed E-state index contributed by atoms with van der Waals surface area (Å²) in [5.41, 5.74) is 2.52. The minimum Gasteiger partial charge on any atom is -0.497 e. The molecule has 0 saturated carbocycles. The summed E-state index contributed by atoms with van der Waals surface area (Å²) in [7, 11) is -2.38. The highest BCUT2D eigenvalue weighted by Gasteiger charge is 2.30. The van der Waals surface area contributed by atoms with E-state index in [1.807, 2.05) is 18.4 Å². The number of sulfonamides is 1. The minimum absolute atomic E-state index is 0.153. The van der Waals surface area contributed by atoms with E-state index in [-0.39, 0.29) is 17.3 Å². The first-order chi connectivity index (χ1) is 14.9. The Morgan fingerprint density at radius 3 is 2.48 bits per heavy atom. The molecule has 3 aromatic rings. The third-order valence-electron chi connectivity index (χ3n) is 5.41. The predicted molar refractivity (Wildman–Crippen MR) is 122 cm³/mol. The van der Waals surface area contributed by atoms with Gasteiger partial charge in [0.25, 0.3) is 10.0 Å². The molecular weight excluding hydrogens is 432 g/mol. The number of fused-ring (bicyclic) bond motifs is 1. The van der Waals surface area contributed by atoms with Gasteiger partial charge in [0.15, 0.2) is 0 Å². The number of carbonyl (C=O) groups is 1. The van der Waals surface area contributed by atoms with Gasteiger partial charge < -0.3 is 9.64 Å². The maximum absolute atomic E-state index is 13.5. The highest BCUT2D eigenvalue weighted by Crippen LogP contribution is 2.28.